The van der Waals surface area contributed by atoms with E-state index in [1.807, 2.05) is 30.5 Å². The molecule has 0 unspecified atom stereocenters. The molecular formula is C15H20N4O2. The predicted molar refractivity (Wildman–Crippen MR) is 80.9 cm³/mol. The van der Waals surface area contributed by atoms with Crippen LogP contribution >= 0.6 is 0 Å². The quantitative estimate of drug-likeness (QED) is 0.703. The Labute approximate surface area is 123 Å². The largest absolute Gasteiger partial charge is 0.394 e. The lowest BCUT2D eigenvalue weighted by molar-refractivity contribution is -0.119. The lowest BCUT2D eigenvalue weighted by atomic mass is 10.1. The van der Waals surface area contributed by atoms with Gasteiger partial charge in [-0.05, 0) is 11.6 Å². The predicted octanol–water partition coefficient (Wildman–Crippen LogP) is 0.776. The Balaban J connectivity index is 2.00. The second-order valence-corrected chi connectivity index (χ2v) is 4.70. The van der Waals surface area contributed by atoms with Crippen LogP contribution in [0.3, 0.4) is 0 Å². The Bertz CT molecular complexity index is 595. The normalized spacial score (nSPS) is 10.4. The molecule has 0 aliphatic rings. The molecule has 0 spiro atoms. The first kappa shape index (κ1) is 15.1. The standard InChI is InChI=1S/C15H20N4O2/c1-16-15(21)8-13-4-2-3-5-14(13)17-9-12-10-18-19(11-12)6-7-20/h2-5,10-11,17,20H,6-9H2,1H3,(H,16,21). The van der Waals surface area contributed by atoms with Crippen molar-refractivity contribution in [3.63, 3.8) is 0 Å². The number of nitrogens with zero attached hydrogens (tertiary/aromatic N) is 2. The molecule has 0 aliphatic carbocycles. The Morgan fingerprint density at radius 2 is 2.19 bits per heavy atom. The van der Waals surface area contributed by atoms with Gasteiger partial charge < -0.3 is 15.7 Å². The lowest BCUT2D eigenvalue weighted by Gasteiger charge is -2.10. The maximum absolute atomic E-state index is 11.5. The van der Waals surface area contributed by atoms with Gasteiger partial charge in [-0.3, -0.25) is 9.48 Å². The van der Waals surface area contributed by atoms with Crippen LogP contribution in [0.25, 0.3) is 0 Å². The van der Waals surface area contributed by atoms with Crippen LogP contribution in [0.5, 0.6) is 0 Å². The number of carbonyl (C=O) groups excluding carboxylic acids is 1. The summed E-state index contributed by atoms with van der Waals surface area (Å²) in [6.45, 7) is 1.19. The van der Waals surface area contributed by atoms with E-state index in [0.29, 0.717) is 19.5 Å². The molecule has 0 fully saturated rings. The molecule has 21 heavy (non-hydrogen) atoms. The van der Waals surface area contributed by atoms with Crippen molar-refractivity contribution in [2.45, 2.75) is 19.5 Å². The second-order valence-electron chi connectivity index (χ2n) is 4.70. The monoisotopic (exact) mass is 288 g/mol. The number of hydrogen-bond donors (Lipinski definition) is 3. The molecule has 0 atom stereocenters. The van der Waals surface area contributed by atoms with Gasteiger partial charge in [0.1, 0.15) is 0 Å². The Kier molecular flexibility index (Phi) is 5.34. The topological polar surface area (TPSA) is 79.2 Å². The van der Waals surface area contributed by atoms with Crippen molar-refractivity contribution in [1.82, 2.24) is 15.1 Å². The number of aliphatic hydroxyl groups excluding tert-OH is 1. The van der Waals surface area contributed by atoms with E-state index in [4.69, 9.17) is 5.11 Å². The second kappa shape index (κ2) is 7.44. The fraction of sp³-hybridized carbons (Fsp3) is 0.333. The minimum atomic E-state index is -0.0139. The van der Waals surface area contributed by atoms with Gasteiger partial charge in [0.25, 0.3) is 0 Å². The number of para-hydroxylation sites is 1. The summed E-state index contributed by atoms with van der Waals surface area (Å²) in [4.78, 5) is 11.5. The zero-order valence-corrected chi connectivity index (χ0v) is 12.0. The van der Waals surface area contributed by atoms with Crippen molar-refractivity contribution in [3.05, 3.63) is 47.8 Å². The van der Waals surface area contributed by atoms with Crippen molar-refractivity contribution in [2.75, 3.05) is 19.0 Å². The van der Waals surface area contributed by atoms with Crippen LogP contribution in [0.2, 0.25) is 0 Å². The van der Waals surface area contributed by atoms with Gasteiger partial charge in [0.05, 0.1) is 25.8 Å². The van der Waals surface area contributed by atoms with E-state index in [1.54, 1.807) is 17.9 Å². The highest BCUT2D eigenvalue weighted by Crippen LogP contribution is 2.16. The van der Waals surface area contributed by atoms with Gasteiger partial charge in [-0.15, -0.1) is 0 Å². The van der Waals surface area contributed by atoms with E-state index in [2.05, 4.69) is 15.7 Å². The minimum absolute atomic E-state index is 0.0139. The average molecular weight is 288 g/mol. The van der Waals surface area contributed by atoms with E-state index < -0.39 is 0 Å². The van der Waals surface area contributed by atoms with Crippen LogP contribution in [-0.4, -0.2) is 34.4 Å². The molecular weight excluding hydrogens is 268 g/mol. The fourth-order valence-corrected chi connectivity index (χ4v) is 2.03. The van der Waals surface area contributed by atoms with Crippen LogP contribution in [0.1, 0.15) is 11.1 Å². The molecule has 0 saturated heterocycles. The van der Waals surface area contributed by atoms with Gasteiger partial charge in [0, 0.05) is 31.0 Å². The molecule has 0 aliphatic heterocycles. The number of amides is 1. The molecule has 1 amide bonds. The molecule has 0 bridgehead atoms. The Morgan fingerprint density at radius 1 is 1.38 bits per heavy atom. The molecule has 2 rings (SSSR count). The van der Waals surface area contributed by atoms with Gasteiger partial charge >= 0.3 is 0 Å². The van der Waals surface area contributed by atoms with Gasteiger partial charge in [0.15, 0.2) is 0 Å². The molecule has 112 valence electrons. The molecule has 0 radical (unpaired) electrons. The van der Waals surface area contributed by atoms with Gasteiger partial charge in [0.2, 0.25) is 5.91 Å². The molecule has 6 heteroatoms. The van der Waals surface area contributed by atoms with Crippen LogP contribution in [0, 0.1) is 0 Å². The van der Waals surface area contributed by atoms with E-state index in [1.165, 1.54) is 0 Å². The summed E-state index contributed by atoms with van der Waals surface area (Å²) < 4.78 is 1.70. The molecule has 6 nitrogen and oxygen atoms in total. The van der Waals surface area contributed by atoms with E-state index in [9.17, 15) is 4.79 Å². The van der Waals surface area contributed by atoms with Crippen LogP contribution in [-0.2, 0) is 24.3 Å². The van der Waals surface area contributed by atoms with Crippen molar-refractivity contribution in [1.29, 1.82) is 0 Å². The van der Waals surface area contributed by atoms with Crippen LogP contribution in [0.15, 0.2) is 36.7 Å². The third-order valence-corrected chi connectivity index (χ3v) is 3.15. The maximum atomic E-state index is 11.5. The lowest BCUT2D eigenvalue weighted by Crippen LogP contribution is -2.20. The molecule has 1 aromatic carbocycles. The van der Waals surface area contributed by atoms with E-state index in [0.717, 1.165) is 16.8 Å². The number of rotatable bonds is 7. The first-order chi connectivity index (χ1) is 10.2. The zero-order valence-electron chi connectivity index (χ0n) is 12.0. The first-order valence-electron chi connectivity index (χ1n) is 6.87. The number of carbonyl (C=O) groups is 1. The molecule has 2 aromatic rings. The Morgan fingerprint density at radius 3 is 2.95 bits per heavy atom. The SMILES string of the molecule is CNC(=O)Cc1ccccc1NCc1cnn(CCO)c1. The third-order valence-electron chi connectivity index (χ3n) is 3.15. The number of aliphatic hydroxyl groups is 1. The van der Waals surface area contributed by atoms with Crippen LogP contribution in [0.4, 0.5) is 5.69 Å². The molecule has 1 aromatic heterocycles. The highest BCUT2D eigenvalue weighted by molar-refractivity contribution is 5.80. The highest BCUT2D eigenvalue weighted by Gasteiger charge is 2.06. The van der Waals surface area contributed by atoms with E-state index >= 15 is 0 Å². The summed E-state index contributed by atoms with van der Waals surface area (Å²) >= 11 is 0. The molecule has 0 saturated carbocycles. The van der Waals surface area contributed by atoms with Crippen molar-refractivity contribution in [2.24, 2.45) is 0 Å². The molecule has 1 heterocycles. The average Bonchev–Trinajstić information content (AvgIpc) is 2.94. The van der Waals surface area contributed by atoms with E-state index in [-0.39, 0.29) is 12.5 Å². The maximum Gasteiger partial charge on any atom is 0.224 e. The summed E-state index contributed by atoms with van der Waals surface area (Å²) in [5.74, 6) is -0.0139. The van der Waals surface area contributed by atoms with Crippen molar-refractivity contribution < 1.29 is 9.90 Å². The Hall–Kier alpha value is -2.34. The fourth-order valence-electron chi connectivity index (χ4n) is 2.03. The summed E-state index contributed by atoms with van der Waals surface area (Å²) in [5.41, 5.74) is 2.92. The summed E-state index contributed by atoms with van der Waals surface area (Å²) in [6.07, 6.45) is 4.01. The van der Waals surface area contributed by atoms with Crippen LogP contribution < -0.4 is 10.6 Å². The van der Waals surface area contributed by atoms with Gasteiger partial charge in [-0.25, -0.2) is 0 Å². The van der Waals surface area contributed by atoms with Gasteiger partial charge in [-0.2, -0.15) is 5.10 Å². The number of nitrogens with one attached hydrogen (secondary N) is 2. The number of hydrogen-bond acceptors (Lipinski definition) is 4. The molecule has 3 N–H and O–H groups in total. The number of aromatic nitrogens is 2. The van der Waals surface area contributed by atoms with Crippen molar-refractivity contribution in [3.8, 4) is 0 Å². The smallest absolute Gasteiger partial charge is 0.224 e. The number of likely N-dealkylation sites (N-methyl/N-ethyl adjacent to an activating group) is 1. The first-order valence-corrected chi connectivity index (χ1v) is 6.87. The highest BCUT2D eigenvalue weighted by atomic mass is 16.3. The minimum Gasteiger partial charge on any atom is -0.394 e. The number of benzene rings is 1. The van der Waals surface area contributed by atoms with Crippen molar-refractivity contribution >= 4 is 11.6 Å². The summed E-state index contributed by atoms with van der Waals surface area (Å²) in [5, 5.41) is 19.0. The zero-order chi connectivity index (χ0) is 15.1. The third kappa shape index (κ3) is 4.32. The summed E-state index contributed by atoms with van der Waals surface area (Å²) in [6, 6.07) is 7.75. The summed E-state index contributed by atoms with van der Waals surface area (Å²) in [7, 11) is 1.63. The van der Waals surface area contributed by atoms with Gasteiger partial charge in [-0.1, -0.05) is 18.2 Å². The number of anilines is 1.